The van der Waals surface area contributed by atoms with E-state index in [9.17, 15) is 0 Å². The highest BCUT2D eigenvalue weighted by molar-refractivity contribution is 5.86. The van der Waals surface area contributed by atoms with E-state index in [0.29, 0.717) is 0 Å². The van der Waals surface area contributed by atoms with Crippen LogP contribution >= 0.6 is 37.2 Å². The van der Waals surface area contributed by atoms with Crippen molar-refractivity contribution in [2.75, 3.05) is 39.3 Å². The van der Waals surface area contributed by atoms with Gasteiger partial charge in [-0.05, 0) is 105 Å². The Labute approximate surface area is 213 Å². The molecule has 180 valence electrons. The maximum Gasteiger partial charge on any atom is 0.0299 e. The van der Waals surface area contributed by atoms with Crippen LogP contribution in [-0.2, 0) is 19.3 Å². The third-order valence-corrected chi connectivity index (χ3v) is 6.99. The van der Waals surface area contributed by atoms with Gasteiger partial charge in [0.05, 0.1) is 0 Å². The molecule has 0 bridgehead atoms. The molecule has 1 aromatic carbocycles. The van der Waals surface area contributed by atoms with Gasteiger partial charge in [0.2, 0.25) is 0 Å². The molecule has 0 N–H and O–H groups in total. The van der Waals surface area contributed by atoms with Crippen molar-refractivity contribution in [2.24, 2.45) is 5.92 Å². The molecule has 1 unspecified atom stereocenters. The van der Waals surface area contributed by atoms with Gasteiger partial charge in [-0.25, -0.2) is 0 Å². The van der Waals surface area contributed by atoms with Crippen molar-refractivity contribution in [3.63, 3.8) is 0 Å². The van der Waals surface area contributed by atoms with E-state index in [2.05, 4.69) is 46.8 Å². The van der Waals surface area contributed by atoms with Crippen LogP contribution in [0.5, 0.6) is 0 Å². The Balaban J connectivity index is 0.00000171. The Morgan fingerprint density at radius 1 is 0.938 bits per heavy atom. The second-order valence-corrected chi connectivity index (χ2v) is 9.28. The molecule has 3 nitrogen and oxygen atoms in total. The summed E-state index contributed by atoms with van der Waals surface area (Å²) in [6.07, 6.45) is 11.5. The molecule has 4 rings (SSSR count). The van der Waals surface area contributed by atoms with Crippen molar-refractivity contribution in [2.45, 2.75) is 52.4 Å². The lowest BCUT2D eigenvalue weighted by Crippen LogP contribution is -2.42. The van der Waals surface area contributed by atoms with E-state index < -0.39 is 0 Å². The molecule has 1 aromatic heterocycles. The summed E-state index contributed by atoms with van der Waals surface area (Å²) in [4.78, 5) is 9.70. The first-order valence-corrected chi connectivity index (χ1v) is 11.6. The zero-order valence-corrected chi connectivity index (χ0v) is 22.0. The number of halogens is 3. The number of nitrogens with zero attached hydrogens (tertiary/aromatic N) is 3. The lowest BCUT2D eigenvalue weighted by atomic mass is 9.97. The van der Waals surface area contributed by atoms with E-state index in [0.717, 1.165) is 12.3 Å². The number of likely N-dealkylation sites (tertiary alicyclic amines) is 1. The fourth-order valence-electron chi connectivity index (χ4n) is 5.17. The molecular formula is C26H40Cl3N3. The molecule has 1 fully saturated rings. The minimum Gasteiger partial charge on any atom is -0.303 e. The van der Waals surface area contributed by atoms with Crippen LogP contribution in [0.1, 0.15) is 47.1 Å². The van der Waals surface area contributed by atoms with E-state index in [1.807, 2.05) is 18.5 Å². The molecule has 2 aromatic rings. The maximum atomic E-state index is 4.24. The molecular weight excluding hydrogens is 461 g/mol. The summed E-state index contributed by atoms with van der Waals surface area (Å²) < 4.78 is 0. The van der Waals surface area contributed by atoms with Crippen molar-refractivity contribution in [3.05, 3.63) is 64.5 Å². The van der Waals surface area contributed by atoms with Crippen molar-refractivity contribution in [3.8, 4) is 0 Å². The van der Waals surface area contributed by atoms with Crippen molar-refractivity contribution in [1.82, 2.24) is 14.8 Å². The molecule has 1 atom stereocenters. The molecule has 2 aliphatic rings. The summed E-state index contributed by atoms with van der Waals surface area (Å²) in [5.74, 6) is 0.840. The zero-order valence-electron chi connectivity index (χ0n) is 19.6. The average Bonchev–Trinajstić information content (AvgIpc) is 2.92. The van der Waals surface area contributed by atoms with Gasteiger partial charge in [0.25, 0.3) is 0 Å². The summed E-state index contributed by atoms with van der Waals surface area (Å²) in [7, 11) is 0. The number of aryl methyl sites for hydroxylation is 3. The van der Waals surface area contributed by atoms with Crippen molar-refractivity contribution < 1.29 is 0 Å². The zero-order chi connectivity index (χ0) is 20.1. The van der Waals surface area contributed by atoms with E-state index in [1.165, 1.54) is 88.1 Å². The fourth-order valence-corrected chi connectivity index (χ4v) is 5.17. The van der Waals surface area contributed by atoms with Gasteiger partial charge >= 0.3 is 0 Å². The maximum absolute atomic E-state index is 4.24. The third kappa shape index (κ3) is 8.18. The van der Waals surface area contributed by atoms with E-state index in [-0.39, 0.29) is 37.2 Å². The predicted molar refractivity (Wildman–Crippen MR) is 143 cm³/mol. The number of aromatic nitrogens is 1. The van der Waals surface area contributed by atoms with Crippen molar-refractivity contribution >= 4 is 37.2 Å². The number of benzene rings is 1. The largest absolute Gasteiger partial charge is 0.303 e. The molecule has 32 heavy (non-hydrogen) atoms. The van der Waals surface area contributed by atoms with Gasteiger partial charge in [-0.3, -0.25) is 4.98 Å². The monoisotopic (exact) mass is 499 g/mol. The lowest BCUT2D eigenvalue weighted by molar-refractivity contribution is 0.134. The van der Waals surface area contributed by atoms with Crippen LogP contribution in [0, 0.1) is 19.8 Å². The molecule has 0 spiro atoms. The number of hydrogen-bond donors (Lipinski definition) is 0. The van der Waals surface area contributed by atoms with Crippen LogP contribution < -0.4 is 0 Å². The first-order chi connectivity index (χ1) is 14.2. The quantitative estimate of drug-likeness (QED) is 0.506. The summed E-state index contributed by atoms with van der Waals surface area (Å²) >= 11 is 0. The molecule has 1 saturated heterocycles. The van der Waals surface area contributed by atoms with Gasteiger partial charge in [0.1, 0.15) is 0 Å². The Hall–Kier alpha value is -0.840. The first-order valence-electron chi connectivity index (χ1n) is 11.6. The minimum absolute atomic E-state index is 0. The molecule has 6 heteroatoms. The summed E-state index contributed by atoms with van der Waals surface area (Å²) in [6, 6.07) is 9.14. The number of hydrogen-bond acceptors (Lipinski definition) is 3. The molecule has 2 aliphatic heterocycles. The first kappa shape index (κ1) is 29.2. The van der Waals surface area contributed by atoms with Gasteiger partial charge in [0, 0.05) is 38.6 Å². The summed E-state index contributed by atoms with van der Waals surface area (Å²) in [5.41, 5.74) is 7.46. The topological polar surface area (TPSA) is 19.4 Å². The Bertz CT molecular complexity index is 767. The van der Waals surface area contributed by atoms with E-state index in [4.69, 9.17) is 0 Å². The minimum atomic E-state index is 0. The number of fused-ring (bicyclic) bond motifs is 1. The highest BCUT2D eigenvalue weighted by atomic mass is 35.5. The molecule has 0 aliphatic carbocycles. The normalized spacial score (nSPS) is 19.0. The van der Waals surface area contributed by atoms with Gasteiger partial charge in [0.15, 0.2) is 0 Å². The van der Waals surface area contributed by atoms with Crippen LogP contribution in [-0.4, -0.2) is 54.1 Å². The summed E-state index contributed by atoms with van der Waals surface area (Å²) in [6.45, 7) is 12.1. The van der Waals surface area contributed by atoms with Crippen LogP contribution in [0.15, 0.2) is 36.7 Å². The standard InChI is InChI=1S/C26H37N3.3ClH/c1-21-16-25-9-14-29(15-10-26(25)17-22(21)2)20-24-8-5-13-28(19-24)12-4-7-23-6-3-11-27-18-23;;;/h3,6,11,16-18,24H,4-5,7-10,12-15,19-20H2,1-2H3;3*1H. The average molecular weight is 501 g/mol. The van der Waals surface area contributed by atoms with E-state index in [1.54, 1.807) is 11.1 Å². The second-order valence-electron chi connectivity index (χ2n) is 9.28. The fraction of sp³-hybridized carbons (Fsp3) is 0.577. The van der Waals surface area contributed by atoms with Gasteiger partial charge in [-0.2, -0.15) is 0 Å². The third-order valence-electron chi connectivity index (χ3n) is 6.99. The second kappa shape index (κ2) is 14.4. The van der Waals surface area contributed by atoms with Gasteiger partial charge in [-0.1, -0.05) is 18.2 Å². The van der Waals surface area contributed by atoms with Gasteiger partial charge < -0.3 is 9.80 Å². The van der Waals surface area contributed by atoms with Gasteiger partial charge in [-0.15, -0.1) is 37.2 Å². The van der Waals surface area contributed by atoms with Crippen LogP contribution in [0.3, 0.4) is 0 Å². The van der Waals surface area contributed by atoms with Crippen LogP contribution in [0.2, 0.25) is 0 Å². The highest BCUT2D eigenvalue weighted by Gasteiger charge is 2.23. The van der Waals surface area contributed by atoms with Crippen LogP contribution in [0.25, 0.3) is 0 Å². The number of piperidine rings is 1. The molecule has 0 amide bonds. The highest BCUT2D eigenvalue weighted by Crippen LogP contribution is 2.23. The Morgan fingerprint density at radius 2 is 1.62 bits per heavy atom. The Kier molecular flexibility index (Phi) is 13.2. The number of rotatable bonds is 6. The lowest BCUT2D eigenvalue weighted by Gasteiger charge is -2.35. The Morgan fingerprint density at radius 3 is 2.25 bits per heavy atom. The summed E-state index contributed by atoms with van der Waals surface area (Å²) in [5, 5.41) is 0. The van der Waals surface area contributed by atoms with Crippen LogP contribution in [0.4, 0.5) is 0 Å². The predicted octanol–water partition coefficient (Wildman–Crippen LogP) is 5.71. The molecule has 3 heterocycles. The number of pyridine rings is 1. The smallest absolute Gasteiger partial charge is 0.0299 e. The molecule has 0 saturated carbocycles. The van der Waals surface area contributed by atoms with E-state index >= 15 is 0 Å². The SMILES string of the molecule is Cc1cc2c(cc1C)CCN(CC1CCCN(CCCc3cccnc3)C1)CC2.Cl.Cl.Cl. The van der Waals surface area contributed by atoms with Crippen molar-refractivity contribution in [1.29, 1.82) is 0 Å². The molecule has 0 radical (unpaired) electrons.